The summed E-state index contributed by atoms with van der Waals surface area (Å²) in [6.45, 7) is 1.70. The van der Waals surface area contributed by atoms with Crippen LogP contribution in [0.3, 0.4) is 0 Å². The van der Waals surface area contributed by atoms with Crippen molar-refractivity contribution in [2.24, 2.45) is 4.99 Å². The van der Waals surface area contributed by atoms with Crippen molar-refractivity contribution in [3.63, 3.8) is 0 Å². The molecule has 0 aliphatic carbocycles. The third-order valence-electron chi connectivity index (χ3n) is 5.93. The van der Waals surface area contributed by atoms with E-state index in [1.54, 1.807) is 43.3 Å². The molecule has 4 rings (SSSR count). The number of carbonyl (C=O) groups excluding carboxylic acids is 1. The summed E-state index contributed by atoms with van der Waals surface area (Å²) in [6.07, 6.45) is 1.69. The van der Waals surface area contributed by atoms with Gasteiger partial charge in [-0.25, -0.2) is 9.79 Å². The third-order valence-corrected chi connectivity index (χ3v) is 7.15. The fraction of sp³-hybridized carbons (Fsp3) is 0.269. The highest BCUT2D eigenvalue weighted by atomic mass is 35.5. The Morgan fingerprint density at radius 3 is 2.30 bits per heavy atom. The van der Waals surface area contributed by atoms with E-state index in [0.29, 0.717) is 54.2 Å². The number of carbonyl (C=O) groups is 1. The smallest absolute Gasteiger partial charge is 0.338 e. The van der Waals surface area contributed by atoms with E-state index in [-0.39, 0.29) is 11.1 Å². The minimum atomic E-state index is -0.869. The lowest BCUT2D eigenvalue weighted by molar-refractivity contribution is -0.136. The first-order chi connectivity index (χ1) is 17.8. The predicted octanol–water partition coefficient (Wildman–Crippen LogP) is 3.10. The van der Waals surface area contributed by atoms with Crippen molar-refractivity contribution in [1.29, 1.82) is 0 Å². The van der Waals surface area contributed by atoms with Crippen molar-refractivity contribution < 1.29 is 28.5 Å². The lowest BCUT2D eigenvalue weighted by Gasteiger charge is -2.25. The highest BCUT2D eigenvalue weighted by molar-refractivity contribution is 7.07. The van der Waals surface area contributed by atoms with E-state index in [4.69, 9.17) is 35.3 Å². The Balaban J connectivity index is 2.03. The van der Waals surface area contributed by atoms with Crippen LogP contribution in [0.5, 0.6) is 23.0 Å². The fourth-order valence-electron chi connectivity index (χ4n) is 4.29. The van der Waals surface area contributed by atoms with E-state index in [2.05, 4.69) is 4.99 Å². The number of rotatable bonds is 7. The van der Waals surface area contributed by atoms with Crippen LogP contribution in [-0.4, -0.2) is 46.1 Å². The molecule has 11 heteroatoms. The van der Waals surface area contributed by atoms with Gasteiger partial charge in [-0.3, -0.25) is 9.36 Å². The number of halogens is 1. The van der Waals surface area contributed by atoms with Gasteiger partial charge in [0.25, 0.3) is 5.56 Å². The largest absolute Gasteiger partial charge is 0.496 e. The molecule has 0 amide bonds. The Hall–Kier alpha value is -3.76. The number of ether oxygens (including phenoxy) is 5. The molecule has 0 unspecified atom stereocenters. The first-order valence-electron chi connectivity index (χ1n) is 11.0. The molecular formula is C26H25ClN2O7S. The maximum Gasteiger partial charge on any atom is 0.338 e. The molecule has 194 valence electrons. The SMILES string of the molecule is COC(=O)C1=C(C)N=c2s/c(=C\c3ccc(OC)c(OC)c3OC)c(=O)n2[C@@H]1c1cc(Cl)ccc1OC. The summed E-state index contributed by atoms with van der Waals surface area (Å²) < 4.78 is 28.8. The number of thiazole rings is 1. The second-order valence-corrected chi connectivity index (χ2v) is 9.33. The van der Waals surface area contributed by atoms with Gasteiger partial charge >= 0.3 is 5.97 Å². The van der Waals surface area contributed by atoms with Crippen LogP contribution < -0.4 is 33.8 Å². The molecule has 0 spiro atoms. The van der Waals surface area contributed by atoms with Crippen molar-refractivity contribution >= 4 is 35.0 Å². The highest BCUT2D eigenvalue weighted by Gasteiger charge is 2.35. The minimum Gasteiger partial charge on any atom is -0.496 e. The van der Waals surface area contributed by atoms with Gasteiger partial charge in [0.2, 0.25) is 5.75 Å². The van der Waals surface area contributed by atoms with Crippen LogP contribution in [0.4, 0.5) is 0 Å². The zero-order valence-corrected chi connectivity index (χ0v) is 22.7. The highest BCUT2D eigenvalue weighted by Crippen LogP contribution is 2.40. The summed E-state index contributed by atoms with van der Waals surface area (Å²) in [7, 11) is 7.33. The van der Waals surface area contributed by atoms with Crippen LogP contribution in [0.15, 0.2) is 51.4 Å². The van der Waals surface area contributed by atoms with Gasteiger partial charge < -0.3 is 23.7 Å². The Kier molecular flexibility index (Phi) is 7.60. The lowest BCUT2D eigenvalue weighted by Crippen LogP contribution is -2.40. The molecule has 2 heterocycles. The number of methoxy groups -OCH3 is 5. The van der Waals surface area contributed by atoms with E-state index in [9.17, 15) is 9.59 Å². The number of hydrogen-bond donors (Lipinski definition) is 0. The van der Waals surface area contributed by atoms with Gasteiger partial charge in [-0.15, -0.1) is 0 Å². The Morgan fingerprint density at radius 2 is 1.68 bits per heavy atom. The summed E-state index contributed by atoms with van der Waals surface area (Å²) in [4.78, 5) is 31.7. The Bertz CT molecular complexity index is 1590. The normalized spacial score (nSPS) is 15.1. The molecule has 1 aliphatic rings. The number of benzene rings is 2. The maximum absolute atomic E-state index is 13.9. The zero-order valence-electron chi connectivity index (χ0n) is 21.1. The van der Waals surface area contributed by atoms with Crippen molar-refractivity contribution in [1.82, 2.24) is 4.57 Å². The molecule has 0 N–H and O–H groups in total. The molecule has 37 heavy (non-hydrogen) atoms. The second-order valence-electron chi connectivity index (χ2n) is 7.88. The molecular weight excluding hydrogens is 520 g/mol. The summed E-state index contributed by atoms with van der Waals surface area (Å²) in [5, 5.41) is 0.423. The number of nitrogens with zero attached hydrogens (tertiary/aromatic N) is 2. The maximum atomic E-state index is 13.9. The van der Waals surface area contributed by atoms with E-state index in [0.717, 1.165) is 0 Å². The molecule has 0 bridgehead atoms. The average Bonchev–Trinajstić information content (AvgIpc) is 3.20. The van der Waals surface area contributed by atoms with Crippen molar-refractivity contribution in [2.75, 3.05) is 35.5 Å². The van der Waals surface area contributed by atoms with E-state index >= 15 is 0 Å². The van der Waals surface area contributed by atoms with Crippen LogP contribution >= 0.6 is 22.9 Å². The van der Waals surface area contributed by atoms with Crippen LogP contribution in [0, 0.1) is 0 Å². The third kappa shape index (κ3) is 4.58. The number of allylic oxidation sites excluding steroid dienone is 1. The number of esters is 1. The van der Waals surface area contributed by atoms with Gasteiger partial charge in [0.1, 0.15) is 11.8 Å². The van der Waals surface area contributed by atoms with E-state index < -0.39 is 12.0 Å². The van der Waals surface area contributed by atoms with E-state index in [1.165, 1.54) is 51.5 Å². The van der Waals surface area contributed by atoms with Crippen molar-refractivity contribution in [3.8, 4) is 23.0 Å². The number of aromatic nitrogens is 1. The lowest BCUT2D eigenvalue weighted by atomic mass is 9.95. The first-order valence-corrected chi connectivity index (χ1v) is 12.2. The molecule has 1 aliphatic heterocycles. The number of hydrogen-bond acceptors (Lipinski definition) is 9. The van der Waals surface area contributed by atoms with Gasteiger partial charge in [-0.1, -0.05) is 22.9 Å². The van der Waals surface area contributed by atoms with Crippen LogP contribution in [0.2, 0.25) is 5.02 Å². The quantitative estimate of drug-likeness (QED) is 0.422. The monoisotopic (exact) mass is 544 g/mol. The average molecular weight is 545 g/mol. The Labute approximate surface area is 221 Å². The Morgan fingerprint density at radius 1 is 1.00 bits per heavy atom. The number of fused-ring (bicyclic) bond motifs is 1. The van der Waals surface area contributed by atoms with Gasteiger partial charge in [0, 0.05) is 16.1 Å². The predicted molar refractivity (Wildman–Crippen MR) is 140 cm³/mol. The zero-order chi connectivity index (χ0) is 26.9. The molecule has 1 aromatic heterocycles. The van der Waals surface area contributed by atoms with Gasteiger partial charge in [-0.2, -0.15) is 0 Å². The summed E-state index contributed by atoms with van der Waals surface area (Å²) in [6, 6.07) is 7.65. The molecule has 2 aromatic carbocycles. The molecule has 9 nitrogen and oxygen atoms in total. The topological polar surface area (TPSA) is 97.6 Å². The van der Waals surface area contributed by atoms with Crippen LogP contribution in [0.25, 0.3) is 6.08 Å². The molecule has 0 saturated heterocycles. The molecule has 1 atom stereocenters. The van der Waals surface area contributed by atoms with Crippen LogP contribution in [-0.2, 0) is 9.53 Å². The van der Waals surface area contributed by atoms with Crippen molar-refractivity contribution in [3.05, 3.63) is 77.4 Å². The molecule has 3 aromatic rings. The first kappa shape index (κ1) is 26.3. The van der Waals surface area contributed by atoms with E-state index in [1.807, 2.05) is 0 Å². The molecule has 0 fully saturated rings. The summed E-state index contributed by atoms with van der Waals surface area (Å²) >= 11 is 7.50. The molecule has 0 saturated carbocycles. The standard InChI is InChI=1S/C26H25ClN2O7S/c1-13-20(25(31)36-6)21(16-12-15(27)8-10-17(16)32-2)29-24(30)19(37-26(29)28-13)11-14-7-9-18(33-3)23(35-5)22(14)34-4/h7-12,21H,1-6H3/b19-11-/t21-/m1/s1. The minimum absolute atomic E-state index is 0.214. The van der Waals surface area contributed by atoms with Gasteiger partial charge in [0.15, 0.2) is 16.3 Å². The van der Waals surface area contributed by atoms with Gasteiger partial charge in [-0.05, 0) is 43.3 Å². The second kappa shape index (κ2) is 10.7. The summed E-state index contributed by atoms with van der Waals surface area (Å²) in [5.74, 6) is 1.15. The molecule has 0 radical (unpaired) electrons. The van der Waals surface area contributed by atoms with Crippen molar-refractivity contribution in [2.45, 2.75) is 13.0 Å². The van der Waals surface area contributed by atoms with Crippen LogP contribution in [0.1, 0.15) is 24.1 Å². The van der Waals surface area contributed by atoms with Gasteiger partial charge in [0.05, 0.1) is 51.4 Å². The summed E-state index contributed by atoms with van der Waals surface area (Å²) in [5.41, 5.74) is 1.41. The fourth-order valence-corrected chi connectivity index (χ4v) is 5.50.